The lowest BCUT2D eigenvalue weighted by Crippen LogP contribution is -2.17. The topological polar surface area (TPSA) is 55.4 Å². The Morgan fingerprint density at radius 2 is 1.89 bits per heavy atom. The molecule has 1 aliphatic rings. The first-order chi connectivity index (χ1) is 13.5. The second-order valence-electron chi connectivity index (χ2n) is 5.95. The first-order valence-corrected chi connectivity index (χ1v) is 10.3. The van der Waals surface area contributed by atoms with Crippen LogP contribution >= 0.6 is 39.9 Å². The van der Waals surface area contributed by atoms with E-state index in [-0.39, 0.29) is 5.91 Å². The summed E-state index contributed by atoms with van der Waals surface area (Å²) in [5.74, 6) is -0.362. The number of halogens is 1. The number of thiocarbonyl (C=S) groups is 1. The molecule has 1 saturated heterocycles. The average Bonchev–Trinajstić information content (AvgIpc) is 3.00. The molecule has 28 heavy (non-hydrogen) atoms. The summed E-state index contributed by atoms with van der Waals surface area (Å²) in [4.78, 5) is 25.3. The minimum absolute atomic E-state index is 0.263. The summed E-state index contributed by atoms with van der Waals surface area (Å²) in [6.45, 7) is 0. The fraction of sp³-hybridized carbons (Fsp3) is 0. The quantitative estimate of drug-likeness (QED) is 0.243. The number of rotatable bonds is 3. The van der Waals surface area contributed by atoms with E-state index in [2.05, 4.69) is 21.2 Å². The predicted molar refractivity (Wildman–Crippen MR) is 119 cm³/mol. The van der Waals surface area contributed by atoms with E-state index in [4.69, 9.17) is 17.0 Å². The molecule has 0 aliphatic carbocycles. The number of hydrogen-bond acceptors (Lipinski definition) is 5. The van der Waals surface area contributed by atoms with Gasteiger partial charge in [0.25, 0.3) is 5.91 Å². The summed E-state index contributed by atoms with van der Waals surface area (Å²) < 4.78 is 6.89. The normalized spacial score (nSPS) is 15.1. The Kier molecular flexibility index (Phi) is 5.30. The highest BCUT2D eigenvalue weighted by molar-refractivity contribution is 9.10. The summed E-state index contributed by atoms with van der Waals surface area (Å²) in [5.41, 5.74) is 1.08. The van der Waals surface area contributed by atoms with Crippen molar-refractivity contribution in [3.8, 4) is 5.75 Å². The maximum absolute atomic E-state index is 12.9. The molecule has 3 aromatic rings. The highest BCUT2D eigenvalue weighted by Gasteiger charge is 2.23. The van der Waals surface area contributed by atoms with E-state index >= 15 is 0 Å². The fourth-order valence-corrected chi connectivity index (χ4v) is 4.26. The molecule has 1 heterocycles. The number of carbonyl (C=O) groups excluding carboxylic acids is 2. The minimum Gasteiger partial charge on any atom is -0.422 e. The van der Waals surface area contributed by atoms with Crippen molar-refractivity contribution in [2.24, 2.45) is 0 Å². The molecule has 0 spiro atoms. The Hall–Kier alpha value is -2.48. The van der Waals surface area contributed by atoms with Crippen LogP contribution in [0.15, 0.2) is 70.0 Å². The van der Waals surface area contributed by atoms with E-state index in [1.165, 1.54) is 11.8 Å². The van der Waals surface area contributed by atoms with Crippen LogP contribution in [-0.4, -0.2) is 16.2 Å². The van der Waals surface area contributed by atoms with Crippen LogP contribution in [0.3, 0.4) is 0 Å². The van der Waals surface area contributed by atoms with Crippen LogP contribution in [0.1, 0.15) is 15.9 Å². The van der Waals surface area contributed by atoms with Gasteiger partial charge in [-0.25, -0.2) is 4.79 Å². The minimum atomic E-state index is -0.460. The molecule has 0 aromatic heterocycles. The van der Waals surface area contributed by atoms with Crippen molar-refractivity contribution >= 4 is 73.0 Å². The Bertz CT molecular complexity index is 1170. The van der Waals surface area contributed by atoms with Crippen molar-refractivity contribution in [2.75, 3.05) is 0 Å². The Labute approximate surface area is 179 Å². The molecule has 0 bridgehead atoms. The lowest BCUT2D eigenvalue weighted by Gasteiger charge is -2.10. The average molecular weight is 470 g/mol. The zero-order valence-corrected chi connectivity index (χ0v) is 17.5. The highest BCUT2D eigenvalue weighted by Crippen LogP contribution is 2.32. The molecule has 1 amide bonds. The number of esters is 1. The second kappa shape index (κ2) is 7.87. The number of benzene rings is 3. The largest absolute Gasteiger partial charge is 0.422 e. The zero-order valence-electron chi connectivity index (χ0n) is 14.3. The number of ether oxygens (including phenoxy) is 1. The van der Waals surface area contributed by atoms with Gasteiger partial charge in [0.05, 0.1) is 10.5 Å². The predicted octanol–water partition coefficient (Wildman–Crippen LogP) is 5.31. The standard InChI is InChI=1S/C21H12BrNO3S2/c22-14-8-9-17(13(10-14)11-18-19(24)23-21(27)28-18)26-20(25)16-7-3-5-12-4-1-2-6-15(12)16/h1-11H,(H,23,24,27)/b18-11-. The van der Waals surface area contributed by atoms with Crippen LogP contribution in [0, 0.1) is 0 Å². The van der Waals surface area contributed by atoms with Gasteiger partial charge in [-0.3, -0.25) is 4.79 Å². The summed E-state index contributed by atoms with van der Waals surface area (Å²) in [6, 6.07) is 18.4. The molecule has 0 unspecified atom stereocenters. The first-order valence-electron chi connectivity index (χ1n) is 8.25. The van der Waals surface area contributed by atoms with Crippen LogP contribution < -0.4 is 10.1 Å². The van der Waals surface area contributed by atoms with E-state index in [1.54, 1.807) is 30.3 Å². The van der Waals surface area contributed by atoms with E-state index in [0.29, 0.717) is 26.1 Å². The molecular weight excluding hydrogens is 458 g/mol. The fourth-order valence-electron chi connectivity index (χ4n) is 2.85. The van der Waals surface area contributed by atoms with Crippen molar-refractivity contribution in [1.82, 2.24) is 5.32 Å². The van der Waals surface area contributed by atoms with E-state index in [1.807, 2.05) is 36.4 Å². The molecule has 138 valence electrons. The molecule has 0 saturated carbocycles. The van der Waals surface area contributed by atoms with Crippen molar-refractivity contribution in [1.29, 1.82) is 0 Å². The van der Waals surface area contributed by atoms with Gasteiger partial charge in [-0.15, -0.1) is 0 Å². The van der Waals surface area contributed by atoms with Gasteiger partial charge in [-0.2, -0.15) is 0 Å². The SMILES string of the molecule is O=C1NC(=S)S/C1=C\c1cc(Br)ccc1OC(=O)c1cccc2ccccc12. The maximum atomic E-state index is 12.9. The third kappa shape index (κ3) is 3.87. The molecular formula is C21H12BrNO3S2. The Morgan fingerprint density at radius 1 is 1.11 bits per heavy atom. The summed E-state index contributed by atoms with van der Waals surface area (Å²) >= 11 is 9.61. The molecule has 4 nitrogen and oxygen atoms in total. The van der Waals surface area contributed by atoms with Crippen molar-refractivity contribution in [3.05, 3.63) is 81.2 Å². The Balaban J connectivity index is 1.70. The number of hydrogen-bond donors (Lipinski definition) is 1. The van der Waals surface area contributed by atoms with Crippen LogP contribution in [0.5, 0.6) is 5.75 Å². The van der Waals surface area contributed by atoms with Gasteiger partial charge < -0.3 is 10.1 Å². The molecule has 3 aromatic carbocycles. The van der Waals surface area contributed by atoms with Gasteiger partial charge in [-0.1, -0.05) is 76.3 Å². The molecule has 0 radical (unpaired) electrons. The number of amides is 1. The van der Waals surface area contributed by atoms with Crippen LogP contribution in [0.25, 0.3) is 16.8 Å². The smallest absolute Gasteiger partial charge is 0.344 e. The monoisotopic (exact) mass is 469 g/mol. The molecule has 0 atom stereocenters. The number of nitrogens with one attached hydrogen (secondary N) is 1. The molecule has 1 N–H and O–H groups in total. The summed E-state index contributed by atoms with van der Waals surface area (Å²) in [7, 11) is 0. The van der Waals surface area contributed by atoms with Crippen molar-refractivity contribution in [2.45, 2.75) is 0 Å². The summed E-state index contributed by atoms with van der Waals surface area (Å²) in [5, 5.41) is 4.36. The van der Waals surface area contributed by atoms with Gasteiger partial charge >= 0.3 is 5.97 Å². The van der Waals surface area contributed by atoms with Crippen molar-refractivity contribution < 1.29 is 14.3 Å². The first kappa shape index (κ1) is 18.9. The Morgan fingerprint density at radius 3 is 2.68 bits per heavy atom. The number of carbonyl (C=O) groups is 2. The van der Waals surface area contributed by atoms with Crippen LogP contribution in [0.4, 0.5) is 0 Å². The molecule has 1 aliphatic heterocycles. The van der Waals surface area contributed by atoms with Gasteiger partial charge in [-0.05, 0) is 41.1 Å². The third-order valence-electron chi connectivity index (χ3n) is 4.11. The van der Waals surface area contributed by atoms with Gasteiger partial charge in [0.1, 0.15) is 10.1 Å². The van der Waals surface area contributed by atoms with Crippen LogP contribution in [0.2, 0.25) is 0 Å². The molecule has 4 rings (SSSR count). The van der Waals surface area contributed by atoms with Gasteiger partial charge in [0.15, 0.2) is 0 Å². The lowest BCUT2D eigenvalue weighted by atomic mass is 10.0. The zero-order chi connectivity index (χ0) is 19.7. The highest BCUT2D eigenvalue weighted by atomic mass is 79.9. The van der Waals surface area contributed by atoms with Gasteiger partial charge in [0.2, 0.25) is 0 Å². The summed E-state index contributed by atoms with van der Waals surface area (Å²) in [6.07, 6.45) is 1.66. The number of thioether (sulfide) groups is 1. The molecule has 7 heteroatoms. The van der Waals surface area contributed by atoms with E-state index in [0.717, 1.165) is 15.2 Å². The van der Waals surface area contributed by atoms with E-state index in [9.17, 15) is 9.59 Å². The second-order valence-corrected chi connectivity index (χ2v) is 8.59. The maximum Gasteiger partial charge on any atom is 0.344 e. The number of fused-ring (bicyclic) bond motifs is 1. The van der Waals surface area contributed by atoms with E-state index < -0.39 is 5.97 Å². The van der Waals surface area contributed by atoms with Crippen LogP contribution in [-0.2, 0) is 4.79 Å². The van der Waals surface area contributed by atoms with Crippen molar-refractivity contribution in [3.63, 3.8) is 0 Å². The molecule has 1 fully saturated rings. The third-order valence-corrected chi connectivity index (χ3v) is 5.77. The van der Waals surface area contributed by atoms with Gasteiger partial charge in [0, 0.05) is 10.0 Å². The lowest BCUT2D eigenvalue weighted by molar-refractivity contribution is -0.115.